The lowest BCUT2D eigenvalue weighted by atomic mass is 10.0. The number of hydrogen-bond acceptors (Lipinski definition) is 2. The number of H-pyrrole nitrogens is 1. The van der Waals surface area contributed by atoms with Crippen LogP contribution in [0.3, 0.4) is 0 Å². The van der Waals surface area contributed by atoms with Crippen LogP contribution in [0, 0.1) is 13.8 Å². The molecule has 0 atom stereocenters. The quantitative estimate of drug-likeness (QED) is 0.562. The molecule has 0 spiro atoms. The number of benzene rings is 2. The summed E-state index contributed by atoms with van der Waals surface area (Å²) in [6.45, 7) is 4.19. The van der Waals surface area contributed by atoms with Crippen LogP contribution in [0.15, 0.2) is 36.5 Å². The summed E-state index contributed by atoms with van der Waals surface area (Å²) in [5, 5.41) is 3.20. The number of fused-ring (bicyclic) bond motifs is 5. The highest BCUT2D eigenvalue weighted by Gasteiger charge is 2.11. The van der Waals surface area contributed by atoms with E-state index in [1.165, 1.54) is 11.1 Å². The Morgan fingerprint density at radius 2 is 1.82 bits per heavy atom. The molecule has 4 rings (SSSR count). The van der Waals surface area contributed by atoms with Gasteiger partial charge >= 0.3 is 0 Å². The molecule has 0 aliphatic heterocycles. The van der Waals surface area contributed by atoms with Gasteiger partial charge in [0.15, 0.2) is 0 Å². The third-order valence-corrected chi connectivity index (χ3v) is 4.34. The second-order valence-corrected chi connectivity index (χ2v) is 5.75. The first-order chi connectivity index (χ1) is 10.5. The summed E-state index contributed by atoms with van der Waals surface area (Å²) >= 11 is 0. The van der Waals surface area contributed by atoms with E-state index in [0.29, 0.717) is 5.56 Å². The maximum absolute atomic E-state index is 11.4. The van der Waals surface area contributed by atoms with E-state index in [-0.39, 0.29) is 0 Å². The van der Waals surface area contributed by atoms with Gasteiger partial charge in [0, 0.05) is 33.4 Å². The molecule has 4 nitrogen and oxygen atoms in total. The van der Waals surface area contributed by atoms with Crippen LogP contribution in [-0.4, -0.2) is 15.9 Å². The van der Waals surface area contributed by atoms with E-state index >= 15 is 0 Å². The summed E-state index contributed by atoms with van der Waals surface area (Å²) < 4.78 is 0. The van der Waals surface area contributed by atoms with E-state index in [0.717, 1.165) is 32.7 Å². The Hall–Kier alpha value is -2.88. The minimum absolute atomic E-state index is 0.421. The molecular weight excluding hydrogens is 274 g/mol. The first kappa shape index (κ1) is 12.8. The van der Waals surface area contributed by atoms with E-state index in [2.05, 4.69) is 35.9 Å². The van der Waals surface area contributed by atoms with E-state index in [1.807, 2.05) is 12.3 Å². The number of hydrogen-bond donors (Lipinski definition) is 2. The van der Waals surface area contributed by atoms with Crippen molar-refractivity contribution < 1.29 is 4.79 Å². The van der Waals surface area contributed by atoms with E-state index in [4.69, 9.17) is 5.73 Å². The molecule has 0 bridgehead atoms. The summed E-state index contributed by atoms with van der Waals surface area (Å²) in [5.41, 5.74) is 11.2. The SMILES string of the molecule is Cc1cc2ncc3c4ccc(C(N)=O)cc4[nH]c3c2cc1C. The average molecular weight is 289 g/mol. The van der Waals surface area contributed by atoms with E-state index < -0.39 is 5.91 Å². The number of carbonyl (C=O) groups is 1. The number of aromatic amines is 1. The zero-order valence-electron chi connectivity index (χ0n) is 12.4. The van der Waals surface area contributed by atoms with Crippen molar-refractivity contribution in [2.45, 2.75) is 13.8 Å². The Morgan fingerprint density at radius 3 is 2.59 bits per heavy atom. The van der Waals surface area contributed by atoms with Crippen LogP contribution in [0.2, 0.25) is 0 Å². The van der Waals surface area contributed by atoms with Gasteiger partial charge in [0.1, 0.15) is 0 Å². The fourth-order valence-corrected chi connectivity index (χ4v) is 2.96. The maximum atomic E-state index is 11.4. The number of amides is 1. The number of primary amides is 1. The molecular formula is C18H15N3O. The third kappa shape index (κ3) is 1.70. The van der Waals surface area contributed by atoms with Crippen LogP contribution >= 0.6 is 0 Å². The van der Waals surface area contributed by atoms with Crippen molar-refractivity contribution in [2.24, 2.45) is 5.73 Å². The zero-order valence-corrected chi connectivity index (χ0v) is 12.4. The molecule has 0 radical (unpaired) electrons. The van der Waals surface area contributed by atoms with Crippen LogP contribution in [0.1, 0.15) is 21.5 Å². The van der Waals surface area contributed by atoms with Gasteiger partial charge < -0.3 is 10.7 Å². The fourth-order valence-electron chi connectivity index (χ4n) is 2.96. The van der Waals surface area contributed by atoms with Crippen LogP contribution in [0.5, 0.6) is 0 Å². The average Bonchev–Trinajstić information content (AvgIpc) is 2.86. The van der Waals surface area contributed by atoms with Crippen LogP contribution in [0.25, 0.3) is 32.7 Å². The van der Waals surface area contributed by atoms with Gasteiger partial charge in [0.2, 0.25) is 5.91 Å². The first-order valence-corrected chi connectivity index (χ1v) is 7.16. The van der Waals surface area contributed by atoms with Crippen LogP contribution in [0.4, 0.5) is 0 Å². The van der Waals surface area contributed by atoms with Crippen molar-refractivity contribution in [3.8, 4) is 0 Å². The number of pyridine rings is 1. The van der Waals surface area contributed by atoms with Gasteiger partial charge in [-0.2, -0.15) is 0 Å². The molecule has 0 aliphatic carbocycles. The topological polar surface area (TPSA) is 71.8 Å². The number of nitrogens with one attached hydrogen (secondary N) is 1. The number of aryl methyl sites for hydroxylation is 2. The van der Waals surface area contributed by atoms with E-state index in [9.17, 15) is 4.79 Å². The molecule has 2 aromatic heterocycles. The molecule has 2 aromatic carbocycles. The molecule has 0 saturated carbocycles. The molecule has 0 saturated heterocycles. The Morgan fingerprint density at radius 1 is 1.05 bits per heavy atom. The standard InChI is InChI=1S/C18H15N3O/c1-9-5-13-15(6-10(9)2)20-8-14-12-4-3-11(18(19)22)7-16(12)21-17(13)14/h3-8,21H,1-2H3,(H2,19,22). The van der Waals surface area contributed by atoms with Gasteiger partial charge in [-0.05, 0) is 49.2 Å². The van der Waals surface area contributed by atoms with Crippen LogP contribution in [-0.2, 0) is 0 Å². The largest absolute Gasteiger partial charge is 0.366 e. The van der Waals surface area contributed by atoms with Crippen LogP contribution < -0.4 is 5.73 Å². The molecule has 1 amide bonds. The number of aromatic nitrogens is 2. The normalized spacial score (nSPS) is 11.5. The third-order valence-electron chi connectivity index (χ3n) is 4.34. The van der Waals surface area contributed by atoms with Gasteiger partial charge in [0.25, 0.3) is 0 Å². The molecule has 4 aromatic rings. The smallest absolute Gasteiger partial charge is 0.248 e. The van der Waals surface area contributed by atoms with Crippen molar-refractivity contribution in [1.29, 1.82) is 0 Å². The second kappa shape index (κ2) is 4.31. The lowest BCUT2D eigenvalue weighted by Crippen LogP contribution is -2.10. The molecule has 3 N–H and O–H groups in total. The van der Waals surface area contributed by atoms with Gasteiger partial charge in [-0.15, -0.1) is 0 Å². The lowest BCUT2D eigenvalue weighted by molar-refractivity contribution is 0.100. The minimum atomic E-state index is -0.421. The first-order valence-electron chi connectivity index (χ1n) is 7.16. The van der Waals surface area contributed by atoms with Crippen molar-refractivity contribution >= 4 is 38.6 Å². The number of rotatable bonds is 1. The Balaban J connectivity index is 2.15. The molecule has 0 aliphatic rings. The fraction of sp³-hybridized carbons (Fsp3) is 0.111. The van der Waals surface area contributed by atoms with Crippen molar-refractivity contribution in [1.82, 2.24) is 9.97 Å². The number of nitrogens with zero attached hydrogens (tertiary/aromatic N) is 1. The highest BCUT2D eigenvalue weighted by atomic mass is 16.1. The van der Waals surface area contributed by atoms with Crippen molar-refractivity contribution in [3.63, 3.8) is 0 Å². The summed E-state index contributed by atoms with van der Waals surface area (Å²) in [5.74, 6) is -0.421. The molecule has 2 heterocycles. The van der Waals surface area contributed by atoms with Crippen molar-refractivity contribution in [3.05, 3.63) is 53.2 Å². The molecule has 0 fully saturated rings. The highest BCUT2D eigenvalue weighted by molar-refractivity contribution is 6.16. The van der Waals surface area contributed by atoms with Gasteiger partial charge in [-0.3, -0.25) is 9.78 Å². The summed E-state index contributed by atoms with van der Waals surface area (Å²) in [6, 6.07) is 9.73. The Labute approximate surface area is 127 Å². The minimum Gasteiger partial charge on any atom is -0.366 e. The monoisotopic (exact) mass is 289 g/mol. The van der Waals surface area contributed by atoms with Crippen molar-refractivity contribution in [2.75, 3.05) is 0 Å². The van der Waals surface area contributed by atoms with Gasteiger partial charge in [0.05, 0.1) is 11.0 Å². The number of carbonyl (C=O) groups excluding carboxylic acids is 1. The summed E-state index contributed by atoms with van der Waals surface area (Å²) in [6.07, 6.45) is 1.88. The van der Waals surface area contributed by atoms with E-state index in [1.54, 1.807) is 12.1 Å². The molecule has 0 unspecified atom stereocenters. The molecule has 4 heteroatoms. The lowest BCUT2D eigenvalue weighted by Gasteiger charge is -2.04. The summed E-state index contributed by atoms with van der Waals surface area (Å²) in [7, 11) is 0. The predicted molar refractivity (Wildman–Crippen MR) is 89.1 cm³/mol. The maximum Gasteiger partial charge on any atom is 0.248 e. The molecule has 108 valence electrons. The molecule has 22 heavy (non-hydrogen) atoms. The zero-order chi connectivity index (χ0) is 15.4. The van der Waals surface area contributed by atoms with Gasteiger partial charge in [-0.25, -0.2) is 0 Å². The summed E-state index contributed by atoms with van der Waals surface area (Å²) in [4.78, 5) is 19.3. The van der Waals surface area contributed by atoms with Gasteiger partial charge in [-0.1, -0.05) is 6.07 Å². The Bertz CT molecular complexity index is 1080. The predicted octanol–water partition coefficient (Wildman–Crippen LogP) is 3.59. The highest BCUT2D eigenvalue weighted by Crippen LogP contribution is 2.31. The number of nitrogens with two attached hydrogens (primary N) is 1. The second-order valence-electron chi connectivity index (χ2n) is 5.75. The Kier molecular flexibility index (Phi) is 2.51.